The highest BCUT2D eigenvalue weighted by molar-refractivity contribution is 5.94. The number of amides is 1. The summed E-state index contributed by atoms with van der Waals surface area (Å²) in [4.78, 5) is 15.0. The number of fused-ring (bicyclic) bond motifs is 1. The van der Waals surface area contributed by atoms with Crippen molar-refractivity contribution in [2.45, 2.75) is 38.8 Å². The fourth-order valence-electron chi connectivity index (χ4n) is 3.74. The standard InChI is InChI=1S/C22H25NO4/c1-15(2)27-18-8-5-16(6-9-18)22(24)23-11-3-4-19(23)17-7-10-20-21(14-17)26-13-12-25-20/h5-10,14-15,19H,3-4,11-13H2,1-2H3/t19-/m0/s1. The van der Waals surface area contributed by atoms with E-state index in [1.165, 1.54) is 0 Å². The smallest absolute Gasteiger partial charge is 0.254 e. The van der Waals surface area contributed by atoms with Crippen molar-refractivity contribution < 1.29 is 19.0 Å². The zero-order valence-electron chi connectivity index (χ0n) is 15.8. The molecule has 0 bridgehead atoms. The van der Waals surface area contributed by atoms with Gasteiger partial charge in [-0.05, 0) is 68.7 Å². The van der Waals surface area contributed by atoms with Gasteiger partial charge in [0.15, 0.2) is 11.5 Å². The number of carbonyl (C=O) groups is 1. The second kappa shape index (κ2) is 7.51. The number of hydrogen-bond donors (Lipinski definition) is 0. The number of ether oxygens (including phenoxy) is 3. The maximum atomic E-state index is 13.1. The molecule has 0 spiro atoms. The van der Waals surface area contributed by atoms with Gasteiger partial charge in [-0.3, -0.25) is 4.79 Å². The monoisotopic (exact) mass is 367 g/mol. The molecule has 0 unspecified atom stereocenters. The summed E-state index contributed by atoms with van der Waals surface area (Å²) < 4.78 is 17.0. The second-order valence-corrected chi connectivity index (χ2v) is 7.25. The van der Waals surface area contributed by atoms with Gasteiger partial charge < -0.3 is 19.1 Å². The molecule has 5 heteroatoms. The number of likely N-dealkylation sites (tertiary alicyclic amines) is 1. The van der Waals surface area contributed by atoms with Crippen LogP contribution in [0.4, 0.5) is 0 Å². The summed E-state index contributed by atoms with van der Waals surface area (Å²) in [5, 5.41) is 0. The summed E-state index contributed by atoms with van der Waals surface area (Å²) in [6.07, 6.45) is 2.07. The first-order chi connectivity index (χ1) is 13.1. The van der Waals surface area contributed by atoms with Crippen LogP contribution in [0.15, 0.2) is 42.5 Å². The van der Waals surface area contributed by atoms with E-state index in [4.69, 9.17) is 14.2 Å². The summed E-state index contributed by atoms with van der Waals surface area (Å²) in [7, 11) is 0. The fourth-order valence-corrected chi connectivity index (χ4v) is 3.74. The Kier molecular flexibility index (Phi) is 4.92. The van der Waals surface area contributed by atoms with Gasteiger partial charge in [-0.25, -0.2) is 0 Å². The van der Waals surface area contributed by atoms with Crippen LogP contribution in [0.5, 0.6) is 17.2 Å². The van der Waals surface area contributed by atoms with E-state index >= 15 is 0 Å². The van der Waals surface area contributed by atoms with Crippen molar-refractivity contribution in [3.63, 3.8) is 0 Å². The summed E-state index contributed by atoms with van der Waals surface area (Å²) in [5.74, 6) is 2.39. The number of rotatable bonds is 4. The van der Waals surface area contributed by atoms with E-state index in [9.17, 15) is 4.79 Å². The number of hydrogen-bond acceptors (Lipinski definition) is 4. The van der Waals surface area contributed by atoms with Gasteiger partial charge in [0.1, 0.15) is 19.0 Å². The molecule has 1 fully saturated rings. The third-order valence-electron chi connectivity index (χ3n) is 4.94. The minimum Gasteiger partial charge on any atom is -0.491 e. The van der Waals surface area contributed by atoms with Gasteiger partial charge in [0.05, 0.1) is 12.1 Å². The average molecular weight is 367 g/mol. The first kappa shape index (κ1) is 17.7. The Morgan fingerprint density at radius 3 is 2.56 bits per heavy atom. The molecule has 2 heterocycles. The Balaban J connectivity index is 1.53. The predicted octanol–water partition coefficient (Wildman–Crippen LogP) is 4.22. The van der Waals surface area contributed by atoms with Gasteiger partial charge in [0, 0.05) is 12.1 Å². The molecular weight excluding hydrogens is 342 g/mol. The lowest BCUT2D eigenvalue weighted by atomic mass is 10.0. The minimum atomic E-state index is 0.0588. The van der Waals surface area contributed by atoms with Gasteiger partial charge >= 0.3 is 0 Å². The highest BCUT2D eigenvalue weighted by atomic mass is 16.6. The van der Waals surface area contributed by atoms with E-state index in [2.05, 4.69) is 0 Å². The van der Waals surface area contributed by atoms with Gasteiger partial charge in [0.25, 0.3) is 5.91 Å². The molecule has 27 heavy (non-hydrogen) atoms. The third-order valence-corrected chi connectivity index (χ3v) is 4.94. The van der Waals surface area contributed by atoms with Crippen LogP contribution in [0.25, 0.3) is 0 Å². The molecule has 2 aliphatic rings. The van der Waals surface area contributed by atoms with E-state index in [-0.39, 0.29) is 18.1 Å². The van der Waals surface area contributed by atoms with Gasteiger partial charge in [-0.2, -0.15) is 0 Å². The highest BCUT2D eigenvalue weighted by Gasteiger charge is 2.31. The van der Waals surface area contributed by atoms with Crippen molar-refractivity contribution in [1.82, 2.24) is 4.90 Å². The van der Waals surface area contributed by atoms with E-state index < -0.39 is 0 Å². The fraction of sp³-hybridized carbons (Fsp3) is 0.409. The van der Waals surface area contributed by atoms with Crippen LogP contribution in [0, 0.1) is 0 Å². The molecule has 0 N–H and O–H groups in total. The largest absolute Gasteiger partial charge is 0.491 e. The molecule has 5 nitrogen and oxygen atoms in total. The molecular formula is C22H25NO4. The average Bonchev–Trinajstić information content (AvgIpc) is 3.17. The summed E-state index contributed by atoms with van der Waals surface area (Å²) in [6.45, 7) is 5.89. The summed E-state index contributed by atoms with van der Waals surface area (Å²) in [6, 6.07) is 13.5. The lowest BCUT2D eigenvalue weighted by Gasteiger charge is -2.27. The van der Waals surface area contributed by atoms with Crippen LogP contribution < -0.4 is 14.2 Å². The maximum Gasteiger partial charge on any atom is 0.254 e. The molecule has 2 aliphatic heterocycles. The summed E-state index contributed by atoms with van der Waals surface area (Å²) >= 11 is 0. The van der Waals surface area contributed by atoms with Crippen molar-refractivity contribution in [2.24, 2.45) is 0 Å². The molecule has 1 saturated heterocycles. The Hall–Kier alpha value is -2.69. The lowest BCUT2D eigenvalue weighted by molar-refractivity contribution is 0.0735. The molecule has 1 amide bonds. The zero-order chi connectivity index (χ0) is 18.8. The Morgan fingerprint density at radius 1 is 1.07 bits per heavy atom. The van der Waals surface area contributed by atoms with Crippen LogP contribution in [0.2, 0.25) is 0 Å². The Morgan fingerprint density at radius 2 is 1.81 bits per heavy atom. The predicted molar refractivity (Wildman–Crippen MR) is 103 cm³/mol. The first-order valence-corrected chi connectivity index (χ1v) is 9.59. The van der Waals surface area contributed by atoms with Gasteiger partial charge in [-0.15, -0.1) is 0 Å². The number of benzene rings is 2. The number of carbonyl (C=O) groups excluding carboxylic acids is 1. The van der Waals surface area contributed by atoms with Crippen LogP contribution >= 0.6 is 0 Å². The van der Waals surface area contributed by atoms with E-state index in [1.54, 1.807) is 0 Å². The van der Waals surface area contributed by atoms with E-state index in [1.807, 2.05) is 61.2 Å². The van der Waals surface area contributed by atoms with Crippen LogP contribution in [-0.4, -0.2) is 36.7 Å². The van der Waals surface area contributed by atoms with Crippen molar-refractivity contribution >= 4 is 5.91 Å². The van der Waals surface area contributed by atoms with E-state index in [0.717, 1.165) is 42.2 Å². The van der Waals surface area contributed by atoms with E-state index in [0.29, 0.717) is 18.8 Å². The highest BCUT2D eigenvalue weighted by Crippen LogP contribution is 2.38. The minimum absolute atomic E-state index is 0.0588. The number of nitrogens with zero attached hydrogens (tertiary/aromatic N) is 1. The Labute approximate surface area is 159 Å². The molecule has 0 radical (unpaired) electrons. The third kappa shape index (κ3) is 3.72. The first-order valence-electron chi connectivity index (χ1n) is 9.59. The van der Waals surface area contributed by atoms with Crippen molar-refractivity contribution in [2.75, 3.05) is 19.8 Å². The molecule has 4 rings (SSSR count). The molecule has 2 aromatic carbocycles. The molecule has 1 atom stereocenters. The summed E-state index contributed by atoms with van der Waals surface area (Å²) in [5.41, 5.74) is 1.79. The molecule has 0 aliphatic carbocycles. The SMILES string of the molecule is CC(C)Oc1ccc(C(=O)N2CCC[C@H]2c2ccc3c(c2)OCCO3)cc1. The topological polar surface area (TPSA) is 48.0 Å². The molecule has 142 valence electrons. The van der Waals surface area contributed by atoms with Crippen LogP contribution in [0.1, 0.15) is 48.7 Å². The molecule has 0 aromatic heterocycles. The maximum absolute atomic E-state index is 13.1. The van der Waals surface area contributed by atoms with Gasteiger partial charge in [-0.1, -0.05) is 6.07 Å². The molecule has 2 aromatic rings. The zero-order valence-corrected chi connectivity index (χ0v) is 15.8. The van der Waals surface area contributed by atoms with Crippen molar-refractivity contribution in [3.05, 3.63) is 53.6 Å². The normalized spacial score (nSPS) is 18.6. The second-order valence-electron chi connectivity index (χ2n) is 7.25. The molecule has 0 saturated carbocycles. The lowest BCUT2D eigenvalue weighted by Crippen LogP contribution is -2.30. The van der Waals surface area contributed by atoms with Crippen LogP contribution in [-0.2, 0) is 0 Å². The Bertz CT molecular complexity index is 816. The van der Waals surface area contributed by atoms with Crippen LogP contribution in [0.3, 0.4) is 0 Å². The van der Waals surface area contributed by atoms with Crippen molar-refractivity contribution in [1.29, 1.82) is 0 Å². The van der Waals surface area contributed by atoms with Gasteiger partial charge in [0.2, 0.25) is 0 Å². The quantitative estimate of drug-likeness (QED) is 0.812. The van der Waals surface area contributed by atoms with Crippen molar-refractivity contribution in [3.8, 4) is 17.2 Å².